The van der Waals surface area contributed by atoms with Crippen molar-refractivity contribution in [3.05, 3.63) is 0 Å². The van der Waals surface area contributed by atoms with Gasteiger partial charge in [-0.2, -0.15) is 0 Å². The Bertz CT molecular complexity index is 135. The Morgan fingerprint density at radius 3 is 2.64 bits per heavy atom. The highest BCUT2D eigenvalue weighted by atomic mass is 16.5. The molecule has 11 heavy (non-hydrogen) atoms. The van der Waals surface area contributed by atoms with Crippen LogP contribution in [0, 0.1) is 5.41 Å². The molecule has 0 aromatic heterocycles. The monoisotopic (exact) mass is 155 g/mol. The lowest BCUT2D eigenvalue weighted by Gasteiger charge is -2.32. The Balaban J connectivity index is 1.98. The second kappa shape index (κ2) is 2.76. The van der Waals surface area contributed by atoms with Crippen molar-refractivity contribution in [2.24, 2.45) is 5.41 Å². The first-order valence-corrected chi connectivity index (χ1v) is 4.62. The summed E-state index contributed by atoms with van der Waals surface area (Å²) in [4.78, 5) is 0. The molecule has 0 aromatic rings. The Morgan fingerprint density at radius 2 is 2.09 bits per heavy atom. The number of hydrogen-bond acceptors (Lipinski definition) is 2. The lowest BCUT2D eigenvalue weighted by atomic mass is 9.78. The molecule has 1 atom stereocenters. The van der Waals surface area contributed by atoms with Crippen molar-refractivity contribution < 1.29 is 4.74 Å². The van der Waals surface area contributed by atoms with Crippen LogP contribution < -0.4 is 5.32 Å². The van der Waals surface area contributed by atoms with Crippen LogP contribution in [0.5, 0.6) is 0 Å². The predicted octanol–water partition coefficient (Wildman–Crippen LogP) is 1.17. The summed E-state index contributed by atoms with van der Waals surface area (Å²) in [6.45, 7) is 5.46. The fourth-order valence-corrected chi connectivity index (χ4v) is 2.37. The van der Waals surface area contributed by atoms with E-state index in [1.165, 1.54) is 25.8 Å². The molecule has 64 valence electrons. The molecule has 0 aliphatic carbocycles. The summed E-state index contributed by atoms with van der Waals surface area (Å²) in [6, 6.07) is 0.730. The molecule has 2 aliphatic rings. The quantitative estimate of drug-likeness (QED) is 0.567. The van der Waals surface area contributed by atoms with Crippen molar-refractivity contribution in [1.82, 2.24) is 5.32 Å². The van der Waals surface area contributed by atoms with Gasteiger partial charge in [-0.25, -0.2) is 0 Å². The normalized spacial score (nSPS) is 36.3. The molecule has 0 bridgehead atoms. The molecule has 2 fully saturated rings. The Hall–Kier alpha value is -0.0800. The van der Waals surface area contributed by atoms with Gasteiger partial charge in [-0.1, -0.05) is 0 Å². The van der Waals surface area contributed by atoms with Crippen molar-refractivity contribution in [2.45, 2.75) is 32.2 Å². The average molecular weight is 155 g/mol. The molecular formula is C9H17NO. The fraction of sp³-hybridized carbons (Fsp3) is 1.00. The van der Waals surface area contributed by atoms with Gasteiger partial charge in [0.2, 0.25) is 0 Å². The van der Waals surface area contributed by atoms with E-state index >= 15 is 0 Å². The molecule has 1 spiro atoms. The highest BCUT2D eigenvalue weighted by Gasteiger charge is 2.38. The molecule has 2 rings (SSSR count). The van der Waals surface area contributed by atoms with Gasteiger partial charge in [0.05, 0.1) is 0 Å². The average Bonchev–Trinajstić information content (AvgIpc) is 2.34. The molecule has 0 amide bonds. The van der Waals surface area contributed by atoms with E-state index in [2.05, 4.69) is 12.2 Å². The molecule has 2 nitrogen and oxygen atoms in total. The van der Waals surface area contributed by atoms with Crippen LogP contribution in [0.25, 0.3) is 0 Å². The van der Waals surface area contributed by atoms with E-state index in [1.807, 2.05) is 0 Å². The molecule has 1 N–H and O–H groups in total. The third kappa shape index (κ3) is 1.42. The highest BCUT2D eigenvalue weighted by Crippen LogP contribution is 2.38. The van der Waals surface area contributed by atoms with Gasteiger partial charge in [-0.05, 0) is 31.6 Å². The van der Waals surface area contributed by atoms with Crippen LogP contribution in [0.2, 0.25) is 0 Å². The molecule has 0 saturated carbocycles. The first-order chi connectivity index (χ1) is 5.31. The second-order valence-corrected chi connectivity index (χ2v) is 4.10. The van der Waals surface area contributed by atoms with Crippen LogP contribution in [0.1, 0.15) is 26.2 Å². The van der Waals surface area contributed by atoms with E-state index in [-0.39, 0.29) is 0 Å². The molecule has 1 unspecified atom stereocenters. The van der Waals surface area contributed by atoms with Gasteiger partial charge < -0.3 is 10.1 Å². The highest BCUT2D eigenvalue weighted by molar-refractivity contribution is 4.93. The first kappa shape index (κ1) is 7.56. The SMILES string of the molecule is CC1CC2(CCOCC2)CN1. The smallest absolute Gasteiger partial charge is 0.0471 e. The summed E-state index contributed by atoms with van der Waals surface area (Å²) >= 11 is 0. The number of rotatable bonds is 0. The summed E-state index contributed by atoms with van der Waals surface area (Å²) in [5.41, 5.74) is 0.609. The van der Waals surface area contributed by atoms with E-state index in [1.54, 1.807) is 0 Å². The van der Waals surface area contributed by atoms with Crippen molar-refractivity contribution in [1.29, 1.82) is 0 Å². The van der Waals surface area contributed by atoms with E-state index in [0.29, 0.717) is 5.41 Å². The molecule has 0 radical (unpaired) electrons. The molecule has 2 heteroatoms. The minimum Gasteiger partial charge on any atom is -0.381 e. The van der Waals surface area contributed by atoms with Crippen LogP contribution >= 0.6 is 0 Å². The summed E-state index contributed by atoms with van der Waals surface area (Å²) in [5.74, 6) is 0. The third-order valence-electron chi connectivity index (χ3n) is 3.12. The standard InChI is InChI=1S/C9H17NO/c1-8-6-9(7-10-8)2-4-11-5-3-9/h8,10H,2-7H2,1H3. The third-order valence-corrected chi connectivity index (χ3v) is 3.12. The van der Waals surface area contributed by atoms with Crippen molar-refractivity contribution in [3.63, 3.8) is 0 Å². The topological polar surface area (TPSA) is 21.3 Å². The zero-order valence-corrected chi connectivity index (χ0v) is 7.23. The van der Waals surface area contributed by atoms with Gasteiger partial charge in [0.25, 0.3) is 0 Å². The van der Waals surface area contributed by atoms with Crippen LogP contribution in [-0.2, 0) is 4.74 Å². The van der Waals surface area contributed by atoms with Gasteiger partial charge in [0, 0.05) is 25.8 Å². The lowest BCUT2D eigenvalue weighted by molar-refractivity contribution is 0.0236. The number of hydrogen-bond donors (Lipinski definition) is 1. The van der Waals surface area contributed by atoms with E-state index in [0.717, 1.165) is 19.3 Å². The van der Waals surface area contributed by atoms with Crippen LogP contribution in [0.3, 0.4) is 0 Å². The molecule has 2 aliphatic heterocycles. The molecule has 0 aromatic carbocycles. The lowest BCUT2D eigenvalue weighted by Crippen LogP contribution is -2.31. The maximum Gasteiger partial charge on any atom is 0.0471 e. The summed E-state index contributed by atoms with van der Waals surface area (Å²) in [6.07, 6.45) is 3.89. The van der Waals surface area contributed by atoms with E-state index in [9.17, 15) is 0 Å². The molecular weight excluding hydrogens is 138 g/mol. The van der Waals surface area contributed by atoms with Crippen LogP contribution in [0.4, 0.5) is 0 Å². The summed E-state index contributed by atoms with van der Waals surface area (Å²) < 4.78 is 5.36. The zero-order chi connectivity index (χ0) is 7.73. The maximum atomic E-state index is 5.36. The maximum absolute atomic E-state index is 5.36. The Kier molecular flexibility index (Phi) is 1.90. The second-order valence-electron chi connectivity index (χ2n) is 4.10. The summed E-state index contributed by atoms with van der Waals surface area (Å²) in [7, 11) is 0. The van der Waals surface area contributed by atoms with Gasteiger partial charge in [-0.15, -0.1) is 0 Å². The Labute approximate surface area is 68.3 Å². The fourth-order valence-electron chi connectivity index (χ4n) is 2.37. The predicted molar refractivity (Wildman–Crippen MR) is 44.6 cm³/mol. The minimum absolute atomic E-state index is 0.609. The van der Waals surface area contributed by atoms with Crippen molar-refractivity contribution in [2.75, 3.05) is 19.8 Å². The van der Waals surface area contributed by atoms with E-state index in [4.69, 9.17) is 4.74 Å². The van der Waals surface area contributed by atoms with Crippen LogP contribution in [0.15, 0.2) is 0 Å². The van der Waals surface area contributed by atoms with Gasteiger partial charge in [-0.3, -0.25) is 0 Å². The Morgan fingerprint density at radius 1 is 1.36 bits per heavy atom. The molecule has 2 heterocycles. The molecule has 2 saturated heterocycles. The van der Waals surface area contributed by atoms with Crippen molar-refractivity contribution in [3.8, 4) is 0 Å². The first-order valence-electron chi connectivity index (χ1n) is 4.62. The van der Waals surface area contributed by atoms with E-state index < -0.39 is 0 Å². The largest absolute Gasteiger partial charge is 0.381 e. The van der Waals surface area contributed by atoms with Crippen molar-refractivity contribution >= 4 is 0 Å². The van der Waals surface area contributed by atoms with Gasteiger partial charge >= 0.3 is 0 Å². The zero-order valence-electron chi connectivity index (χ0n) is 7.23. The minimum atomic E-state index is 0.609. The number of nitrogens with one attached hydrogen (secondary N) is 1. The number of ether oxygens (including phenoxy) is 1. The van der Waals surface area contributed by atoms with Crippen LogP contribution in [-0.4, -0.2) is 25.8 Å². The summed E-state index contributed by atoms with van der Waals surface area (Å²) in [5, 5.41) is 3.52. The van der Waals surface area contributed by atoms with Gasteiger partial charge in [0.15, 0.2) is 0 Å². The van der Waals surface area contributed by atoms with Gasteiger partial charge in [0.1, 0.15) is 0 Å².